The van der Waals surface area contributed by atoms with E-state index < -0.39 is 0 Å². The SMILES string of the molecule is CCCCCCCCCCCCCCCCn1cc[n+](CCCCC)c1CCCCCCCCC. The molecule has 0 saturated heterocycles. The van der Waals surface area contributed by atoms with Crippen LogP contribution in [0.4, 0.5) is 0 Å². The van der Waals surface area contributed by atoms with Crippen molar-refractivity contribution in [3.8, 4) is 0 Å². The van der Waals surface area contributed by atoms with Gasteiger partial charge in [0.15, 0.2) is 0 Å². The summed E-state index contributed by atoms with van der Waals surface area (Å²) in [5.41, 5.74) is 0. The van der Waals surface area contributed by atoms with E-state index >= 15 is 0 Å². The Morgan fingerprint density at radius 1 is 0.486 bits per heavy atom. The van der Waals surface area contributed by atoms with Crippen molar-refractivity contribution in [1.29, 1.82) is 0 Å². The molecule has 0 bridgehead atoms. The third-order valence-electron chi connectivity index (χ3n) is 7.85. The van der Waals surface area contributed by atoms with Crippen molar-refractivity contribution < 1.29 is 4.57 Å². The molecule has 0 amide bonds. The third kappa shape index (κ3) is 18.2. The highest BCUT2D eigenvalue weighted by Crippen LogP contribution is 2.14. The molecule has 0 aromatic carbocycles. The summed E-state index contributed by atoms with van der Waals surface area (Å²) in [7, 11) is 0. The smallest absolute Gasteiger partial charge is 0.234 e. The maximum Gasteiger partial charge on any atom is 0.256 e. The highest BCUT2D eigenvalue weighted by atomic mass is 15.1. The Bertz CT molecular complexity index is 547. The van der Waals surface area contributed by atoms with Gasteiger partial charge in [0.2, 0.25) is 0 Å². The van der Waals surface area contributed by atoms with E-state index in [-0.39, 0.29) is 0 Å². The molecule has 2 nitrogen and oxygen atoms in total. The number of unbranched alkanes of at least 4 members (excludes halogenated alkanes) is 21. The van der Waals surface area contributed by atoms with Gasteiger partial charge in [-0.15, -0.1) is 0 Å². The second kappa shape index (κ2) is 24.9. The lowest BCUT2D eigenvalue weighted by molar-refractivity contribution is -0.704. The predicted octanol–water partition coefficient (Wildman–Crippen LogP) is 10.7. The van der Waals surface area contributed by atoms with Crippen LogP contribution in [0.25, 0.3) is 0 Å². The van der Waals surface area contributed by atoms with Crippen LogP contribution in [0.2, 0.25) is 0 Å². The van der Waals surface area contributed by atoms with E-state index in [1.165, 1.54) is 174 Å². The first-order chi connectivity index (χ1) is 17.3. The zero-order chi connectivity index (χ0) is 25.2. The maximum atomic E-state index is 2.60. The van der Waals surface area contributed by atoms with Gasteiger partial charge >= 0.3 is 0 Å². The Morgan fingerprint density at radius 2 is 0.886 bits per heavy atom. The molecule has 35 heavy (non-hydrogen) atoms. The lowest BCUT2D eigenvalue weighted by Crippen LogP contribution is -2.37. The Morgan fingerprint density at radius 3 is 1.37 bits per heavy atom. The van der Waals surface area contributed by atoms with E-state index in [1.807, 2.05) is 0 Å². The Balaban J connectivity index is 2.17. The number of hydrogen-bond donors (Lipinski definition) is 0. The Kier molecular flexibility index (Phi) is 22.9. The second-order valence-electron chi connectivity index (χ2n) is 11.3. The minimum Gasteiger partial charge on any atom is -0.234 e. The summed E-state index contributed by atoms with van der Waals surface area (Å²) in [5, 5.41) is 0. The van der Waals surface area contributed by atoms with Crippen LogP contribution in [0, 0.1) is 0 Å². The Labute approximate surface area is 221 Å². The first kappa shape index (κ1) is 32.2. The highest BCUT2D eigenvalue weighted by molar-refractivity contribution is 4.84. The first-order valence-corrected chi connectivity index (χ1v) is 16.4. The van der Waals surface area contributed by atoms with Gasteiger partial charge < -0.3 is 0 Å². The minimum atomic E-state index is 1.21. The van der Waals surface area contributed by atoms with E-state index in [9.17, 15) is 0 Å². The molecule has 0 unspecified atom stereocenters. The molecule has 206 valence electrons. The molecule has 0 aliphatic carbocycles. The van der Waals surface area contributed by atoms with Crippen LogP contribution in [-0.4, -0.2) is 4.57 Å². The summed E-state index contributed by atoms with van der Waals surface area (Å²) in [6, 6.07) is 0. The van der Waals surface area contributed by atoms with Crippen molar-refractivity contribution in [2.24, 2.45) is 0 Å². The minimum absolute atomic E-state index is 1.21. The van der Waals surface area contributed by atoms with Crippen LogP contribution in [0.15, 0.2) is 12.4 Å². The summed E-state index contributed by atoms with van der Waals surface area (Å²) in [5.74, 6) is 1.60. The average molecular weight is 490 g/mol. The topological polar surface area (TPSA) is 8.81 Å². The number of imidazole rings is 1. The quantitative estimate of drug-likeness (QED) is 0.0858. The zero-order valence-corrected chi connectivity index (χ0v) is 24.6. The fourth-order valence-electron chi connectivity index (χ4n) is 5.44. The Hall–Kier alpha value is -0.790. The van der Waals surface area contributed by atoms with Crippen molar-refractivity contribution in [3.05, 3.63) is 18.2 Å². The monoisotopic (exact) mass is 490 g/mol. The average Bonchev–Trinajstić information content (AvgIpc) is 3.25. The van der Waals surface area contributed by atoms with Gasteiger partial charge in [0, 0.05) is 6.42 Å². The molecule has 1 heterocycles. The van der Waals surface area contributed by atoms with Crippen LogP contribution >= 0.6 is 0 Å². The summed E-state index contributed by atoms with van der Waals surface area (Å²) >= 11 is 0. The van der Waals surface area contributed by atoms with Gasteiger partial charge in [0.1, 0.15) is 12.4 Å². The summed E-state index contributed by atoms with van der Waals surface area (Å²) in [6.07, 6.45) is 40.0. The van der Waals surface area contributed by atoms with Crippen LogP contribution in [0.3, 0.4) is 0 Å². The fraction of sp³-hybridized carbons (Fsp3) is 0.909. The first-order valence-electron chi connectivity index (χ1n) is 16.4. The number of nitrogens with zero attached hydrogens (tertiary/aromatic N) is 2. The van der Waals surface area contributed by atoms with Crippen LogP contribution in [0.5, 0.6) is 0 Å². The van der Waals surface area contributed by atoms with Crippen molar-refractivity contribution in [2.45, 2.75) is 194 Å². The van der Waals surface area contributed by atoms with Gasteiger partial charge in [-0.3, -0.25) is 0 Å². The van der Waals surface area contributed by atoms with E-state index in [0.717, 1.165) is 0 Å². The molecule has 0 aliphatic rings. The summed E-state index contributed by atoms with van der Waals surface area (Å²) in [4.78, 5) is 0. The second-order valence-corrected chi connectivity index (χ2v) is 11.3. The van der Waals surface area contributed by atoms with Crippen molar-refractivity contribution in [1.82, 2.24) is 4.57 Å². The molecule has 0 atom stereocenters. The highest BCUT2D eigenvalue weighted by Gasteiger charge is 2.16. The predicted molar refractivity (Wildman–Crippen MR) is 156 cm³/mol. The third-order valence-corrected chi connectivity index (χ3v) is 7.85. The van der Waals surface area contributed by atoms with Crippen molar-refractivity contribution in [2.75, 3.05) is 0 Å². The fourth-order valence-corrected chi connectivity index (χ4v) is 5.44. The molecule has 0 aliphatic heterocycles. The lowest BCUT2D eigenvalue weighted by atomic mass is 10.0. The maximum absolute atomic E-state index is 2.60. The van der Waals surface area contributed by atoms with Gasteiger partial charge in [0.05, 0.1) is 13.1 Å². The molecule has 0 spiro atoms. The molecule has 0 saturated carbocycles. The molecular formula is C33H65N2+. The van der Waals surface area contributed by atoms with E-state index in [1.54, 1.807) is 5.82 Å². The van der Waals surface area contributed by atoms with E-state index in [4.69, 9.17) is 0 Å². The van der Waals surface area contributed by atoms with Crippen molar-refractivity contribution in [3.63, 3.8) is 0 Å². The van der Waals surface area contributed by atoms with Crippen LogP contribution < -0.4 is 4.57 Å². The van der Waals surface area contributed by atoms with Gasteiger partial charge in [-0.2, -0.15) is 0 Å². The molecule has 2 heteroatoms. The van der Waals surface area contributed by atoms with E-state index in [2.05, 4.69) is 42.3 Å². The lowest BCUT2D eigenvalue weighted by Gasteiger charge is -2.07. The molecule has 1 aromatic heterocycles. The van der Waals surface area contributed by atoms with Crippen LogP contribution in [0.1, 0.15) is 181 Å². The normalized spacial score (nSPS) is 11.5. The number of aryl methyl sites for hydroxylation is 2. The molecule has 0 radical (unpaired) electrons. The summed E-state index contributed by atoms with van der Waals surface area (Å²) < 4.78 is 5.18. The molecule has 0 N–H and O–H groups in total. The molecule has 1 rings (SSSR count). The molecule has 1 aromatic rings. The molecule has 0 fully saturated rings. The standard InChI is InChI=1S/C33H65N2/c1-4-7-10-12-14-15-16-17-18-19-20-22-24-27-30-35-32-31-34(29-26-9-6-3)33(35)28-25-23-21-13-11-8-5-2/h31-32H,4-30H2,1-3H3/q+1. The van der Waals surface area contributed by atoms with Gasteiger partial charge in [-0.25, -0.2) is 9.13 Å². The van der Waals surface area contributed by atoms with Gasteiger partial charge in [-0.05, 0) is 32.1 Å². The van der Waals surface area contributed by atoms with Crippen molar-refractivity contribution >= 4 is 0 Å². The van der Waals surface area contributed by atoms with Gasteiger partial charge in [-0.1, -0.05) is 143 Å². The number of aromatic nitrogens is 2. The van der Waals surface area contributed by atoms with Gasteiger partial charge in [0.25, 0.3) is 5.82 Å². The largest absolute Gasteiger partial charge is 0.256 e. The zero-order valence-electron chi connectivity index (χ0n) is 24.6. The number of rotatable bonds is 27. The van der Waals surface area contributed by atoms with E-state index in [0.29, 0.717) is 0 Å². The molecular weight excluding hydrogens is 424 g/mol. The number of hydrogen-bond acceptors (Lipinski definition) is 0. The van der Waals surface area contributed by atoms with Crippen LogP contribution in [-0.2, 0) is 19.5 Å². The summed E-state index contributed by atoms with van der Waals surface area (Å²) in [6.45, 7) is 9.37.